The number of anilines is 1. The normalized spacial score (nSPS) is 14.7. The van der Waals surface area contributed by atoms with E-state index in [4.69, 9.17) is 9.47 Å². The monoisotopic (exact) mass is 337 g/mol. The van der Waals surface area contributed by atoms with Crippen LogP contribution >= 0.6 is 0 Å². The van der Waals surface area contributed by atoms with Gasteiger partial charge in [0, 0.05) is 24.3 Å². The Labute approximate surface area is 145 Å². The summed E-state index contributed by atoms with van der Waals surface area (Å²) in [5, 5.41) is 0. The maximum absolute atomic E-state index is 11.7. The number of methoxy groups -OCH3 is 1. The van der Waals surface area contributed by atoms with Gasteiger partial charge < -0.3 is 19.4 Å². The summed E-state index contributed by atoms with van der Waals surface area (Å²) in [6, 6.07) is 13.6. The van der Waals surface area contributed by atoms with E-state index in [2.05, 4.69) is 27.0 Å². The van der Waals surface area contributed by atoms with Crippen LogP contribution in [0, 0.1) is 0 Å². The van der Waals surface area contributed by atoms with Gasteiger partial charge in [0.05, 0.1) is 36.9 Å². The van der Waals surface area contributed by atoms with Crippen LogP contribution in [0.5, 0.6) is 0 Å². The summed E-state index contributed by atoms with van der Waals surface area (Å²) in [5.41, 5.74) is 4.32. The molecular formula is C19H19N3O3. The number of hydrogen-bond donors (Lipinski definition) is 1. The fourth-order valence-electron chi connectivity index (χ4n) is 3.06. The zero-order valence-electron chi connectivity index (χ0n) is 14.0. The van der Waals surface area contributed by atoms with Crippen molar-refractivity contribution in [3.63, 3.8) is 0 Å². The summed E-state index contributed by atoms with van der Waals surface area (Å²) in [6.45, 7) is 3.30. The minimum atomic E-state index is -0.354. The zero-order valence-corrected chi connectivity index (χ0v) is 14.0. The average molecular weight is 337 g/mol. The number of aromatic nitrogens is 2. The molecule has 1 aliphatic rings. The van der Waals surface area contributed by atoms with Gasteiger partial charge in [-0.3, -0.25) is 0 Å². The maximum atomic E-state index is 11.7. The molecule has 1 fully saturated rings. The second kappa shape index (κ2) is 6.57. The molecule has 128 valence electrons. The van der Waals surface area contributed by atoms with Crippen molar-refractivity contribution in [3.8, 4) is 11.4 Å². The van der Waals surface area contributed by atoms with E-state index in [1.54, 1.807) is 12.1 Å². The molecule has 0 bridgehead atoms. The van der Waals surface area contributed by atoms with Gasteiger partial charge in [-0.05, 0) is 30.3 Å². The van der Waals surface area contributed by atoms with Crippen molar-refractivity contribution in [3.05, 3.63) is 48.0 Å². The van der Waals surface area contributed by atoms with E-state index < -0.39 is 0 Å². The molecule has 2 aromatic carbocycles. The first-order valence-electron chi connectivity index (χ1n) is 8.26. The standard InChI is InChI=1S/C19H19N3O3/c1-24-19(23)14-5-6-16-17(12-14)21-18(20-16)13-3-2-4-15(11-13)22-7-9-25-10-8-22/h2-6,11-12H,7-10H2,1H3,(H,20,21). The number of benzene rings is 2. The Kier molecular flexibility index (Phi) is 4.11. The number of esters is 1. The Morgan fingerprint density at radius 3 is 2.84 bits per heavy atom. The molecule has 4 rings (SSSR count). The second-order valence-electron chi connectivity index (χ2n) is 5.96. The first-order valence-corrected chi connectivity index (χ1v) is 8.26. The summed E-state index contributed by atoms with van der Waals surface area (Å²) in [7, 11) is 1.38. The summed E-state index contributed by atoms with van der Waals surface area (Å²) < 4.78 is 10.2. The highest BCUT2D eigenvalue weighted by atomic mass is 16.5. The lowest BCUT2D eigenvalue weighted by molar-refractivity contribution is 0.0601. The zero-order chi connectivity index (χ0) is 17.2. The van der Waals surface area contributed by atoms with E-state index in [-0.39, 0.29) is 5.97 Å². The molecule has 3 aromatic rings. The van der Waals surface area contributed by atoms with E-state index in [1.807, 2.05) is 18.2 Å². The van der Waals surface area contributed by atoms with Crippen LogP contribution in [0.15, 0.2) is 42.5 Å². The molecule has 25 heavy (non-hydrogen) atoms. The van der Waals surface area contributed by atoms with Gasteiger partial charge in [0.15, 0.2) is 0 Å². The van der Waals surface area contributed by atoms with Crippen LogP contribution in [0.1, 0.15) is 10.4 Å². The smallest absolute Gasteiger partial charge is 0.337 e. The number of H-pyrrole nitrogens is 1. The van der Waals surface area contributed by atoms with Crippen LogP contribution in [0.3, 0.4) is 0 Å². The highest BCUT2D eigenvalue weighted by Gasteiger charge is 2.14. The summed E-state index contributed by atoms with van der Waals surface area (Å²) in [5.74, 6) is 0.430. The lowest BCUT2D eigenvalue weighted by atomic mass is 10.1. The van der Waals surface area contributed by atoms with Gasteiger partial charge in [0.2, 0.25) is 0 Å². The first kappa shape index (κ1) is 15.7. The van der Waals surface area contributed by atoms with Crippen molar-refractivity contribution in [1.29, 1.82) is 0 Å². The van der Waals surface area contributed by atoms with Gasteiger partial charge in [-0.25, -0.2) is 9.78 Å². The Hall–Kier alpha value is -2.86. The van der Waals surface area contributed by atoms with Crippen molar-refractivity contribution < 1.29 is 14.3 Å². The molecule has 0 spiro atoms. The van der Waals surface area contributed by atoms with E-state index in [1.165, 1.54) is 7.11 Å². The van der Waals surface area contributed by atoms with Crippen LogP contribution in [0.2, 0.25) is 0 Å². The van der Waals surface area contributed by atoms with E-state index >= 15 is 0 Å². The molecule has 0 aliphatic carbocycles. The number of nitrogens with one attached hydrogen (secondary N) is 1. The lowest BCUT2D eigenvalue weighted by Crippen LogP contribution is -2.36. The third-order valence-corrected chi connectivity index (χ3v) is 4.40. The van der Waals surface area contributed by atoms with Crippen molar-refractivity contribution in [1.82, 2.24) is 9.97 Å². The summed E-state index contributed by atoms with van der Waals surface area (Å²) in [6.07, 6.45) is 0. The molecule has 0 atom stereocenters. The van der Waals surface area contributed by atoms with Gasteiger partial charge in [-0.15, -0.1) is 0 Å². The molecule has 2 heterocycles. The van der Waals surface area contributed by atoms with Crippen LogP contribution in [-0.4, -0.2) is 49.4 Å². The van der Waals surface area contributed by atoms with Crippen LogP contribution in [-0.2, 0) is 9.47 Å². The lowest BCUT2D eigenvalue weighted by Gasteiger charge is -2.29. The average Bonchev–Trinajstić information content (AvgIpc) is 3.11. The molecule has 0 unspecified atom stereocenters. The molecule has 1 aliphatic heterocycles. The summed E-state index contributed by atoms with van der Waals surface area (Å²) in [4.78, 5) is 21.9. The molecule has 1 N–H and O–H groups in total. The number of imidazole rings is 1. The van der Waals surface area contributed by atoms with Crippen molar-refractivity contribution in [2.45, 2.75) is 0 Å². The molecule has 1 saturated heterocycles. The minimum Gasteiger partial charge on any atom is -0.465 e. The van der Waals surface area contributed by atoms with Gasteiger partial charge >= 0.3 is 5.97 Å². The van der Waals surface area contributed by atoms with Gasteiger partial charge in [-0.1, -0.05) is 12.1 Å². The number of hydrogen-bond acceptors (Lipinski definition) is 5. The third-order valence-electron chi connectivity index (χ3n) is 4.40. The number of rotatable bonds is 3. The van der Waals surface area contributed by atoms with Gasteiger partial charge in [0.25, 0.3) is 0 Å². The number of nitrogens with zero attached hydrogens (tertiary/aromatic N) is 2. The predicted molar refractivity (Wildman–Crippen MR) is 95.9 cm³/mol. The molecular weight excluding hydrogens is 318 g/mol. The minimum absolute atomic E-state index is 0.354. The van der Waals surface area contributed by atoms with Gasteiger partial charge in [0.1, 0.15) is 5.82 Å². The fraction of sp³-hybridized carbons (Fsp3) is 0.263. The van der Waals surface area contributed by atoms with Crippen molar-refractivity contribution >= 4 is 22.7 Å². The topological polar surface area (TPSA) is 67.4 Å². The highest BCUT2D eigenvalue weighted by molar-refractivity contribution is 5.94. The molecule has 6 nitrogen and oxygen atoms in total. The van der Waals surface area contributed by atoms with Crippen molar-refractivity contribution in [2.75, 3.05) is 38.3 Å². The Balaban J connectivity index is 1.68. The Morgan fingerprint density at radius 1 is 1.20 bits per heavy atom. The third kappa shape index (κ3) is 3.08. The number of ether oxygens (including phenoxy) is 2. The number of morpholine rings is 1. The summed E-state index contributed by atoms with van der Waals surface area (Å²) >= 11 is 0. The number of aromatic amines is 1. The molecule has 1 aromatic heterocycles. The Morgan fingerprint density at radius 2 is 2.04 bits per heavy atom. The fourth-order valence-corrected chi connectivity index (χ4v) is 3.06. The number of fused-ring (bicyclic) bond motifs is 1. The maximum Gasteiger partial charge on any atom is 0.337 e. The van der Waals surface area contributed by atoms with Crippen LogP contribution in [0.4, 0.5) is 5.69 Å². The molecule has 0 saturated carbocycles. The number of carbonyl (C=O) groups excluding carboxylic acids is 1. The predicted octanol–water partition coefficient (Wildman–Crippen LogP) is 2.85. The molecule has 6 heteroatoms. The SMILES string of the molecule is COC(=O)c1ccc2nc(-c3cccc(N4CCOCC4)c3)[nH]c2c1. The highest BCUT2D eigenvalue weighted by Crippen LogP contribution is 2.26. The first-order chi connectivity index (χ1) is 12.2. The van der Waals surface area contributed by atoms with Crippen LogP contribution < -0.4 is 4.90 Å². The van der Waals surface area contributed by atoms with Crippen LogP contribution in [0.25, 0.3) is 22.4 Å². The quantitative estimate of drug-likeness (QED) is 0.745. The second-order valence-corrected chi connectivity index (χ2v) is 5.96. The molecule has 0 radical (unpaired) electrons. The molecule has 0 amide bonds. The van der Waals surface area contributed by atoms with Crippen molar-refractivity contribution in [2.24, 2.45) is 0 Å². The van der Waals surface area contributed by atoms with E-state index in [0.717, 1.165) is 54.4 Å². The number of carbonyl (C=O) groups is 1. The Bertz CT molecular complexity index is 913. The van der Waals surface area contributed by atoms with E-state index in [9.17, 15) is 4.79 Å². The van der Waals surface area contributed by atoms with E-state index in [0.29, 0.717) is 5.56 Å². The van der Waals surface area contributed by atoms with Gasteiger partial charge in [-0.2, -0.15) is 0 Å². The largest absolute Gasteiger partial charge is 0.465 e.